The summed E-state index contributed by atoms with van der Waals surface area (Å²) in [5.74, 6) is 0. The van der Waals surface area contributed by atoms with Crippen molar-refractivity contribution >= 4 is 0 Å². The van der Waals surface area contributed by atoms with E-state index in [0.717, 1.165) is 16.8 Å². The molecular weight excluding hydrogens is 268 g/mol. The Balaban J connectivity index is 2.47. The number of aliphatic hydroxyl groups is 3. The molecule has 0 bridgehead atoms. The highest BCUT2D eigenvalue weighted by molar-refractivity contribution is 5.12. The number of nitrogens with one attached hydrogen (secondary N) is 1. The summed E-state index contributed by atoms with van der Waals surface area (Å²) < 4.78 is 6.32. The Labute approximate surface area is 112 Å². The molecule has 0 amide bonds. The number of ether oxygens (including phenoxy) is 1. The molecule has 4 atom stereocenters. The number of rotatable bonds is 3. The summed E-state index contributed by atoms with van der Waals surface area (Å²) in [6.45, 7) is 2.69. The van der Waals surface area contributed by atoms with Crippen LogP contribution in [0.25, 0.3) is 0 Å². The molecule has 0 spiro atoms. The molecule has 0 aromatic carbocycles. The third kappa shape index (κ3) is 2.15. The van der Waals surface area contributed by atoms with Crippen LogP contribution in [0.2, 0.25) is 0 Å². The highest BCUT2D eigenvalue weighted by Gasteiger charge is 2.53. The summed E-state index contributed by atoms with van der Waals surface area (Å²) in [7, 11) is 0. The molecule has 0 aliphatic carbocycles. The van der Waals surface area contributed by atoms with Crippen molar-refractivity contribution in [3.05, 3.63) is 51.5 Å². The molecular formula is C12H14N2O6. The van der Waals surface area contributed by atoms with Crippen molar-refractivity contribution in [3.8, 4) is 0 Å². The Morgan fingerprint density at radius 3 is 2.80 bits per heavy atom. The molecule has 1 aromatic heterocycles. The van der Waals surface area contributed by atoms with E-state index in [1.54, 1.807) is 0 Å². The summed E-state index contributed by atoms with van der Waals surface area (Å²) in [4.78, 5) is 24.7. The number of aromatic nitrogens is 2. The van der Waals surface area contributed by atoms with Gasteiger partial charge in [0.25, 0.3) is 5.56 Å². The quantitative estimate of drug-likeness (QED) is 0.469. The summed E-state index contributed by atoms with van der Waals surface area (Å²) in [6, 6.07) is 1.08. The maximum absolute atomic E-state index is 11.7. The molecule has 4 N–H and O–H groups in total. The van der Waals surface area contributed by atoms with Gasteiger partial charge in [0.05, 0.1) is 6.61 Å². The Morgan fingerprint density at radius 2 is 2.25 bits per heavy atom. The number of hydrogen-bond acceptors (Lipinski definition) is 6. The van der Waals surface area contributed by atoms with E-state index in [9.17, 15) is 24.9 Å². The molecule has 8 heteroatoms. The molecule has 20 heavy (non-hydrogen) atoms. The number of nitrogens with zero attached hydrogens (tertiary/aromatic N) is 1. The van der Waals surface area contributed by atoms with Crippen LogP contribution in [0.4, 0.5) is 0 Å². The normalized spacial score (nSPS) is 32.9. The highest BCUT2D eigenvalue weighted by atomic mass is 16.6. The van der Waals surface area contributed by atoms with E-state index in [0.29, 0.717) is 0 Å². The molecule has 8 nitrogen and oxygen atoms in total. The minimum Gasteiger partial charge on any atom is -0.393 e. The van der Waals surface area contributed by atoms with E-state index in [2.05, 4.69) is 12.3 Å². The van der Waals surface area contributed by atoms with Gasteiger partial charge in [-0.1, -0.05) is 6.58 Å². The molecule has 1 aromatic rings. The Kier molecular flexibility index (Phi) is 3.76. The summed E-state index contributed by atoms with van der Waals surface area (Å²) in [6.07, 6.45) is -1.91. The van der Waals surface area contributed by atoms with Crippen molar-refractivity contribution in [3.63, 3.8) is 0 Å². The fourth-order valence-electron chi connectivity index (χ4n) is 2.13. The zero-order valence-electron chi connectivity index (χ0n) is 10.4. The van der Waals surface area contributed by atoms with Gasteiger partial charge >= 0.3 is 5.69 Å². The molecule has 108 valence electrons. The van der Waals surface area contributed by atoms with Gasteiger partial charge in [-0.05, 0) is 6.08 Å². The molecule has 1 aliphatic rings. The van der Waals surface area contributed by atoms with Crippen LogP contribution in [-0.2, 0) is 4.74 Å². The third-order valence-electron chi connectivity index (χ3n) is 3.18. The van der Waals surface area contributed by atoms with Crippen molar-refractivity contribution in [1.29, 1.82) is 0 Å². The van der Waals surface area contributed by atoms with Gasteiger partial charge in [0.15, 0.2) is 6.23 Å². The Bertz CT molecular complexity index is 658. The van der Waals surface area contributed by atoms with Gasteiger partial charge in [-0.3, -0.25) is 14.3 Å². The fraction of sp³-hybridized carbons (Fsp3) is 0.417. The molecule has 0 saturated carbocycles. The first-order valence-corrected chi connectivity index (χ1v) is 5.78. The smallest absolute Gasteiger partial charge is 0.330 e. The predicted molar refractivity (Wildman–Crippen MR) is 67.0 cm³/mol. The third-order valence-corrected chi connectivity index (χ3v) is 3.18. The van der Waals surface area contributed by atoms with Crippen LogP contribution in [0.3, 0.4) is 0 Å². The molecule has 1 fully saturated rings. The lowest BCUT2D eigenvalue weighted by Crippen LogP contribution is -2.44. The van der Waals surface area contributed by atoms with E-state index >= 15 is 0 Å². The van der Waals surface area contributed by atoms with Gasteiger partial charge in [-0.25, -0.2) is 4.79 Å². The zero-order chi connectivity index (χ0) is 14.9. The van der Waals surface area contributed by atoms with Gasteiger partial charge in [0, 0.05) is 12.3 Å². The van der Waals surface area contributed by atoms with Crippen LogP contribution in [0.15, 0.2) is 40.2 Å². The average molecular weight is 282 g/mol. The number of hydrogen-bond donors (Lipinski definition) is 4. The van der Waals surface area contributed by atoms with Crippen LogP contribution >= 0.6 is 0 Å². The maximum atomic E-state index is 11.7. The van der Waals surface area contributed by atoms with Crippen molar-refractivity contribution in [2.24, 2.45) is 0 Å². The summed E-state index contributed by atoms with van der Waals surface area (Å²) >= 11 is 0. The second kappa shape index (κ2) is 5.20. The van der Waals surface area contributed by atoms with Crippen molar-refractivity contribution in [2.75, 3.05) is 6.61 Å². The van der Waals surface area contributed by atoms with Crippen LogP contribution in [0, 0.1) is 0 Å². The van der Waals surface area contributed by atoms with Crippen LogP contribution in [0.1, 0.15) is 6.23 Å². The molecule has 1 aliphatic heterocycles. The number of aliphatic hydroxyl groups excluding tert-OH is 3. The Hall–Kier alpha value is -1.96. The van der Waals surface area contributed by atoms with E-state index in [1.165, 1.54) is 6.08 Å². The molecule has 0 unspecified atom stereocenters. The van der Waals surface area contributed by atoms with Gasteiger partial charge in [0.2, 0.25) is 0 Å². The van der Waals surface area contributed by atoms with Crippen LogP contribution in [-0.4, -0.2) is 49.3 Å². The second-order valence-electron chi connectivity index (χ2n) is 4.42. The van der Waals surface area contributed by atoms with Crippen LogP contribution < -0.4 is 11.2 Å². The molecule has 2 heterocycles. The first-order valence-electron chi connectivity index (χ1n) is 5.78. The molecule has 1 saturated heterocycles. The average Bonchev–Trinajstić information content (AvgIpc) is 2.65. The summed E-state index contributed by atoms with van der Waals surface area (Å²) in [5, 5.41) is 29.4. The van der Waals surface area contributed by atoms with Crippen molar-refractivity contribution < 1.29 is 20.1 Å². The SMILES string of the molecule is C=C=C[C@]1(CO)O[C@@H](n2ccc(=O)[nH]c2=O)[C@H](O)[C@@H]1O. The lowest BCUT2D eigenvalue weighted by atomic mass is 9.96. The zero-order valence-corrected chi connectivity index (χ0v) is 10.4. The molecule has 0 radical (unpaired) electrons. The van der Waals surface area contributed by atoms with Gasteiger partial charge in [-0.15, -0.1) is 5.73 Å². The largest absolute Gasteiger partial charge is 0.393 e. The predicted octanol–water partition coefficient (Wildman–Crippen LogP) is -2.14. The topological polar surface area (TPSA) is 125 Å². The first-order chi connectivity index (χ1) is 9.45. The second-order valence-corrected chi connectivity index (χ2v) is 4.42. The monoisotopic (exact) mass is 282 g/mol. The minimum atomic E-state index is -1.61. The van der Waals surface area contributed by atoms with Crippen molar-refractivity contribution in [1.82, 2.24) is 9.55 Å². The Morgan fingerprint density at radius 1 is 1.55 bits per heavy atom. The van der Waals surface area contributed by atoms with Crippen LogP contribution in [0.5, 0.6) is 0 Å². The minimum absolute atomic E-state index is 0.598. The van der Waals surface area contributed by atoms with Gasteiger partial charge in [-0.2, -0.15) is 0 Å². The fourth-order valence-corrected chi connectivity index (χ4v) is 2.13. The maximum Gasteiger partial charge on any atom is 0.330 e. The van der Waals surface area contributed by atoms with E-state index in [4.69, 9.17) is 4.74 Å². The molecule has 2 rings (SSSR count). The lowest BCUT2D eigenvalue weighted by Gasteiger charge is -2.25. The van der Waals surface area contributed by atoms with E-state index in [1.807, 2.05) is 4.98 Å². The standard InChI is InChI=1S/C12H14N2O6/c1-2-4-12(6-15)9(18)8(17)10(20-12)14-5-3-7(16)13-11(14)19/h3-5,8-10,15,17-18H,1,6H2,(H,13,16,19)/t8-,9+,10-,12-/m1/s1. The van der Waals surface area contributed by atoms with Crippen molar-refractivity contribution in [2.45, 2.75) is 24.0 Å². The lowest BCUT2D eigenvalue weighted by molar-refractivity contribution is -0.0994. The van der Waals surface area contributed by atoms with E-state index in [-0.39, 0.29) is 0 Å². The number of aromatic amines is 1. The first kappa shape index (κ1) is 14.4. The van der Waals surface area contributed by atoms with Gasteiger partial charge in [0.1, 0.15) is 17.8 Å². The highest BCUT2D eigenvalue weighted by Crippen LogP contribution is 2.37. The number of H-pyrrole nitrogens is 1. The van der Waals surface area contributed by atoms with Gasteiger partial charge < -0.3 is 20.1 Å². The summed E-state index contributed by atoms with van der Waals surface area (Å²) in [5.41, 5.74) is -0.637. The van der Waals surface area contributed by atoms with E-state index < -0.39 is 41.9 Å².